The van der Waals surface area contributed by atoms with Gasteiger partial charge in [0.25, 0.3) is 0 Å². The average molecular weight is 530 g/mol. The van der Waals surface area contributed by atoms with Gasteiger partial charge < -0.3 is 14.7 Å². The van der Waals surface area contributed by atoms with Gasteiger partial charge >= 0.3 is 0 Å². The maximum Gasteiger partial charge on any atom is 0.234 e. The van der Waals surface area contributed by atoms with Gasteiger partial charge in [0, 0.05) is 17.9 Å². The second-order valence-electron chi connectivity index (χ2n) is 7.74. The molecular weight excluding hydrogens is 482 g/mol. The fraction of sp³-hybridized carbons (Fsp3) is 0.538. The van der Waals surface area contributed by atoms with Crippen LogP contribution in [0.1, 0.15) is 58.6 Å². The highest BCUT2D eigenvalue weighted by atomic mass is 32.2. The Morgan fingerprint density at radius 3 is 1.83 bits per heavy atom. The highest BCUT2D eigenvalue weighted by molar-refractivity contribution is 7.92. The Morgan fingerprint density at radius 1 is 0.914 bits per heavy atom. The molecule has 2 rings (SSSR count). The summed E-state index contributed by atoms with van der Waals surface area (Å²) in [4.78, 5) is 2.02. The molecule has 2 aromatic carbocycles. The molecule has 35 heavy (non-hydrogen) atoms. The molecule has 2 aromatic rings. The van der Waals surface area contributed by atoms with Gasteiger partial charge in [-0.05, 0) is 56.8 Å². The zero-order chi connectivity index (χ0) is 27.4. The second kappa shape index (κ2) is 20.3. The Morgan fingerprint density at radius 2 is 1.40 bits per heavy atom. The standard InChI is InChI=1S/C11H18N2OS.C11H17NO3S.2C2H6/c1-10-4-6-11(7-5-10)12-15(14)9-8-13(2)3;1-9(2)10-3-5-11(6-4-10)12-16(14,15)8-7-13;2*1-2/h4-7,12H,8-9H2,1-3H3;3-6,9,12-13H,7-8H2,1-2H3;2*1-2H3. The lowest BCUT2D eigenvalue weighted by atomic mass is 10.0. The molecule has 0 bridgehead atoms. The van der Waals surface area contributed by atoms with Crippen LogP contribution in [-0.4, -0.2) is 61.4 Å². The Bertz CT molecular complexity index is 899. The highest BCUT2D eigenvalue weighted by Crippen LogP contribution is 2.17. The molecule has 0 spiro atoms. The van der Waals surface area contributed by atoms with Gasteiger partial charge in [0.15, 0.2) is 0 Å². The summed E-state index contributed by atoms with van der Waals surface area (Å²) in [6, 6.07) is 15.1. The number of nitrogens with one attached hydrogen (secondary N) is 2. The molecule has 1 unspecified atom stereocenters. The van der Waals surface area contributed by atoms with Gasteiger partial charge in [-0.2, -0.15) is 0 Å². The van der Waals surface area contributed by atoms with Crippen LogP contribution < -0.4 is 9.44 Å². The average Bonchev–Trinajstić information content (AvgIpc) is 2.82. The molecule has 9 heteroatoms. The van der Waals surface area contributed by atoms with Gasteiger partial charge in [0.2, 0.25) is 10.0 Å². The first-order valence-corrected chi connectivity index (χ1v) is 15.1. The molecule has 0 aromatic heterocycles. The summed E-state index contributed by atoms with van der Waals surface area (Å²) in [6.07, 6.45) is 0. The third kappa shape index (κ3) is 18.1. The molecule has 0 aliphatic heterocycles. The molecule has 1 atom stereocenters. The van der Waals surface area contributed by atoms with Crippen molar-refractivity contribution in [2.75, 3.05) is 48.2 Å². The van der Waals surface area contributed by atoms with E-state index in [4.69, 9.17) is 5.11 Å². The van der Waals surface area contributed by atoms with Crippen molar-refractivity contribution in [3.05, 3.63) is 59.7 Å². The number of hydrogen-bond donors (Lipinski definition) is 3. The van der Waals surface area contributed by atoms with Crippen LogP contribution in [0.25, 0.3) is 0 Å². The first-order chi connectivity index (χ1) is 16.5. The predicted octanol–water partition coefficient (Wildman–Crippen LogP) is 5.23. The van der Waals surface area contributed by atoms with Crippen LogP contribution in [0.2, 0.25) is 0 Å². The van der Waals surface area contributed by atoms with E-state index in [9.17, 15) is 12.6 Å². The minimum absolute atomic E-state index is 0.279. The largest absolute Gasteiger partial charge is 0.395 e. The fourth-order valence-electron chi connectivity index (χ4n) is 2.36. The highest BCUT2D eigenvalue weighted by Gasteiger charge is 2.09. The zero-order valence-corrected chi connectivity index (χ0v) is 24.6. The Hall–Kier alpha value is -1.94. The van der Waals surface area contributed by atoms with Crippen LogP contribution in [0.3, 0.4) is 0 Å². The van der Waals surface area contributed by atoms with Gasteiger partial charge in [-0.25, -0.2) is 12.6 Å². The van der Waals surface area contributed by atoms with Crippen molar-refractivity contribution in [3.8, 4) is 0 Å². The van der Waals surface area contributed by atoms with Crippen LogP contribution in [0.4, 0.5) is 11.4 Å². The SMILES string of the molecule is CC.CC.CC(C)c1ccc(NS(=O)(=O)CCO)cc1.Cc1ccc(NS(=O)CCN(C)C)cc1. The zero-order valence-electron chi connectivity index (χ0n) is 23.0. The Balaban J connectivity index is 0. The summed E-state index contributed by atoms with van der Waals surface area (Å²) >= 11 is 0. The van der Waals surface area contributed by atoms with Gasteiger partial charge in [-0.1, -0.05) is 71.4 Å². The fourth-order valence-corrected chi connectivity index (χ4v) is 4.23. The number of nitrogens with zero attached hydrogens (tertiary/aromatic N) is 1. The predicted molar refractivity (Wildman–Crippen MR) is 154 cm³/mol. The Labute approximate surface area is 217 Å². The minimum atomic E-state index is -3.42. The summed E-state index contributed by atoms with van der Waals surface area (Å²) in [7, 11) is -0.457. The van der Waals surface area contributed by atoms with Crippen molar-refractivity contribution >= 4 is 32.4 Å². The summed E-state index contributed by atoms with van der Waals surface area (Å²) in [5.41, 5.74) is 3.81. The summed E-state index contributed by atoms with van der Waals surface area (Å²) in [5.74, 6) is 0.780. The first-order valence-electron chi connectivity index (χ1n) is 12.1. The van der Waals surface area contributed by atoms with Gasteiger partial charge in [-0.3, -0.25) is 4.72 Å². The van der Waals surface area contributed by atoms with Crippen LogP contribution in [0.15, 0.2) is 48.5 Å². The monoisotopic (exact) mass is 529 g/mol. The van der Waals surface area contributed by atoms with E-state index < -0.39 is 21.0 Å². The molecule has 202 valence electrons. The van der Waals surface area contributed by atoms with Crippen LogP contribution in [0, 0.1) is 6.92 Å². The van der Waals surface area contributed by atoms with Crippen LogP contribution >= 0.6 is 0 Å². The first kappa shape index (κ1) is 35.2. The van der Waals surface area contributed by atoms with E-state index in [1.165, 1.54) is 5.56 Å². The lowest BCUT2D eigenvalue weighted by Gasteiger charge is -2.10. The smallest absolute Gasteiger partial charge is 0.234 e. The molecule has 0 saturated heterocycles. The Kier molecular flexibility index (Phi) is 20.4. The minimum Gasteiger partial charge on any atom is -0.395 e. The van der Waals surface area contributed by atoms with E-state index in [-0.39, 0.29) is 12.4 Å². The maximum absolute atomic E-state index is 11.6. The molecule has 0 aliphatic carbocycles. The van der Waals surface area contributed by atoms with E-state index in [1.807, 2.05) is 90.0 Å². The molecular formula is C26H47N3O4S2. The molecule has 3 N–H and O–H groups in total. The molecule has 0 radical (unpaired) electrons. The third-order valence-electron chi connectivity index (χ3n) is 4.22. The van der Waals surface area contributed by atoms with E-state index >= 15 is 0 Å². The number of aliphatic hydroxyl groups excluding tert-OH is 1. The number of sulfonamides is 1. The number of hydrogen-bond acceptors (Lipinski definition) is 5. The van der Waals surface area contributed by atoms with Crippen molar-refractivity contribution in [2.45, 2.75) is 54.4 Å². The van der Waals surface area contributed by atoms with Gasteiger partial charge in [0.05, 0.1) is 18.1 Å². The normalized spacial score (nSPS) is 11.2. The second-order valence-corrected chi connectivity index (χ2v) is 10.9. The van der Waals surface area contributed by atoms with Crippen LogP contribution in [-0.2, 0) is 21.0 Å². The number of benzene rings is 2. The number of anilines is 2. The van der Waals surface area contributed by atoms with Crippen molar-refractivity contribution in [3.63, 3.8) is 0 Å². The van der Waals surface area contributed by atoms with Crippen LogP contribution in [0.5, 0.6) is 0 Å². The van der Waals surface area contributed by atoms with Crippen molar-refractivity contribution in [1.29, 1.82) is 0 Å². The summed E-state index contributed by atoms with van der Waals surface area (Å²) in [6.45, 7) is 14.6. The van der Waals surface area contributed by atoms with Gasteiger partial charge in [0.1, 0.15) is 11.0 Å². The maximum atomic E-state index is 11.6. The summed E-state index contributed by atoms with van der Waals surface area (Å²) in [5, 5.41) is 8.58. The van der Waals surface area contributed by atoms with Gasteiger partial charge in [-0.15, -0.1) is 0 Å². The van der Waals surface area contributed by atoms with Crippen molar-refractivity contribution in [2.24, 2.45) is 0 Å². The molecule has 0 heterocycles. The van der Waals surface area contributed by atoms with Crippen molar-refractivity contribution in [1.82, 2.24) is 4.90 Å². The molecule has 7 nitrogen and oxygen atoms in total. The van der Waals surface area contributed by atoms with E-state index in [1.54, 1.807) is 12.1 Å². The van der Waals surface area contributed by atoms with E-state index in [0.29, 0.717) is 17.4 Å². The van der Waals surface area contributed by atoms with Crippen molar-refractivity contribution < 1.29 is 17.7 Å². The number of aryl methyl sites for hydroxylation is 1. The van der Waals surface area contributed by atoms with E-state index in [0.717, 1.165) is 17.8 Å². The molecule has 0 amide bonds. The lowest BCUT2D eigenvalue weighted by molar-refractivity contribution is 0.320. The summed E-state index contributed by atoms with van der Waals surface area (Å²) < 4.78 is 39.6. The quantitative estimate of drug-likeness (QED) is 0.391. The number of rotatable bonds is 10. The molecule has 0 fully saturated rings. The third-order valence-corrected chi connectivity index (χ3v) is 6.50. The number of aliphatic hydroxyl groups is 1. The molecule has 0 aliphatic rings. The lowest BCUT2D eigenvalue weighted by Crippen LogP contribution is -2.21. The van der Waals surface area contributed by atoms with E-state index in [2.05, 4.69) is 23.3 Å². The topological polar surface area (TPSA) is 98.7 Å². The molecule has 0 saturated carbocycles.